The minimum Gasteiger partial charge on any atom is -0.496 e. The van der Waals surface area contributed by atoms with Crippen LogP contribution in [0.2, 0.25) is 0 Å². The Morgan fingerprint density at radius 3 is 2.26 bits per heavy atom. The van der Waals surface area contributed by atoms with Crippen molar-refractivity contribution in [1.29, 1.82) is 0 Å². The molecule has 0 bridgehead atoms. The summed E-state index contributed by atoms with van der Waals surface area (Å²) in [4.78, 5) is 0. The van der Waals surface area contributed by atoms with Crippen LogP contribution in [0, 0.1) is 6.92 Å². The molecular weight excluding hydrogens is 300 g/mol. The monoisotopic (exact) mass is 318 g/mol. The summed E-state index contributed by atoms with van der Waals surface area (Å²) in [5, 5.41) is 0. The molecule has 0 unspecified atom stereocenters. The Labute approximate surface area is 123 Å². The lowest BCUT2D eigenvalue weighted by Gasteiger charge is -2.10. The highest BCUT2D eigenvalue weighted by atomic mass is 79.9. The Balaban J connectivity index is 2.25. The van der Waals surface area contributed by atoms with Crippen LogP contribution >= 0.6 is 15.9 Å². The third kappa shape index (κ3) is 3.38. The zero-order chi connectivity index (χ0) is 13.8. The maximum absolute atomic E-state index is 5.33. The molecule has 2 aromatic rings. The predicted octanol–water partition coefficient (Wildman–Crippen LogP) is 4.92. The summed E-state index contributed by atoms with van der Waals surface area (Å²) in [7, 11) is 1.71. The van der Waals surface area contributed by atoms with Gasteiger partial charge >= 0.3 is 0 Å². The van der Waals surface area contributed by atoms with Crippen molar-refractivity contribution in [1.82, 2.24) is 0 Å². The first-order valence-electron chi connectivity index (χ1n) is 6.55. The van der Waals surface area contributed by atoms with E-state index in [0.717, 1.165) is 23.1 Å². The summed E-state index contributed by atoms with van der Waals surface area (Å²) in [6.07, 6.45) is 2.03. The predicted molar refractivity (Wildman–Crippen MR) is 84.1 cm³/mol. The van der Waals surface area contributed by atoms with Gasteiger partial charge in [-0.3, -0.25) is 0 Å². The lowest BCUT2D eigenvalue weighted by Crippen LogP contribution is -1.94. The second-order valence-corrected chi connectivity index (χ2v) is 5.61. The lowest BCUT2D eigenvalue weighted by atomic mass is 10.0. The summed E-state index contributed by atoms with van der Waals surface area (Å²) in [6, 6.07) is 13.1. The smallest absolute Gasteiger partial charge is 0.122 e. The first kappa shape index (κ1) is 14.1. The highest BCUT2D eigenvalue weighted by Gasteiger charge is 2.07. The van der Waals surface area contributed by atoms with Crippen molar-refractivity contribution in [3.63, 3.8) is 0 Å². The molecule has 100 valence electrons. The molecule has 0 saturated heterocycles. The van der Waals surface area contributed by atoms with Gasteiger partial charge in [-0.15, -0.1) is 0 Å². The van der Waals surface area contributed by atoms with Gasteiger partial charge in [0.25, 0.3) is 0 Å². The molecule has 0 saturated carbocycles. The van der Waals surface area contributed by atoms with Crippen molar-refractivity contribution in [2.45, 2.75) is 26.7 Å². The van der Waals surface area contributed by atoms with Crippen molar-refractivity contribution in [3.8, 4) is 5.75 Å². The van der Waals surface area contributed by atoms with E-state index in [4.69, 9.17) is 4.74 Å². The van der Waals surface area contributed by atoms with E-state index in [9.17, 15) is 0 Å². The van der Waals surface area contributed by atoms with Gasteiger partial charge in [0, 0.05) is 4.47 Å². The van der Waals surface area contributed by atoms with Crippen LogP contribution in [0.15, 0.2) is 40.9 Å². The van der Waals surface area contributed by atoms with E-state index in [1.54, 1.807) is 7.11 Å². The number of halogens is 1. The Bertz CT molecular complexity index is 558. The zero-order valence-corrected chi connectivity index (χ0v) is 13.3. The minimum atomic E-state index is 0.928. The van der Waals surface area contributed by atoms with Crippen LogP contribution < -0.4 is 4.74 Å². The minimum absolute atomic E-state index is 0.928. The van der Waals surface area contributed by atoms with E-state index < -0.39 is 0 Å². The van der Waals surface area contributed by atoms with Gasteiger partial charge in [-0.1, -0.05) is 53.2 Å². The van der Waals surface area contributed by atoms with E-state index in [0.29, 0.717) is 0 Å². The first-order valence-corrected chi connectivity index (χ1v) is 7.34. The van der Waals surface area contributed by atoms with Crippen molar-refractivity contribution in [3.05, 3.63) is 63.1 Å². The molecule has 0 spiro atoms. The third-order valence-electron chi connectivity index (χ3n) is 3.39. The molecule has 0 heterocycles. The number of benzene rings is 2. The molecule has 0 amide bonds. The van der Waals surface area contributed by atoms with E-state index in [2.05, 4.69) is 60.1 Å². The average Bonchev–Trinajstić information content (AvgIpc) is 2.43. The molecule has 2 heteroatoms. The Kier molecular flexibility index (Phi) is 4.65. The summed E-state index contributed by atoms with van der Waals surface area (Å²) in [5.74, 6) is 0.928. The SMILES string of the molecule is CCc1ccc(Cc2cc(C)c(OC)cc2Br)cc1. The van der Waals surface area contributed by atoms with Crippen molar-refractivity contribution < 1.29 is 4.74 Å². The Morgan fingerprint density at radius 2 is 1.68 bits per heavy atom. The highest BCUT2D eigenvalue weighted by molar-refractivity contribution is 9.10. The van der Waals surface area contributed by atoms with Gasteiger partial charge in [-0.25, -0.2) is 0 Å². The number of hydrogen-bond donors (Lipinski definition) is 0. The molecule has 2 rings (SSSR count). The summed E-state index contributed by atoms with van der Waals surface area (Å²) in [6.45, 7) is 4.26. The number of methoxy groups -OCH3 is 1. The maximum atomic E-state index is 5.33. The van der Waals surface area contributed by atoms with Crippen LogP contribution in [-0.4, -0.2) is 7.11 Å². The van der Waals surface area contributed by atoms with Crippen LogP contribution in [-0.2, 0) is 12.8 Å². The molecule has 0 N–H and O–H groups in total. The number of rotatable bonds is 4. The van der Waals surface area contributed by atoms with E-state index in [1.807, 2.05) is 6.07 Å². The number of ether oxygens (including phenoxy) is 1. The summed E-state index contributed by atoms with van der Waals surface area (Å²) >= 11 is 3.63. The van der Waals surface area contributed by atoms with Gasteiger partial charge in [0.15, 0.2) is 0 Å². The Morgan fingerprint density at radius 1 is 1.05 bits per heavy atom. The molecule has 19 heavy (non-hydrogen) atoms. The molecule has 2 aromatic carbocycles. The highest BCUT2D eigenvalue weighted by Crippen LogP contribution is 2.28. The van der Waals surface area contributed by atoms with E-state index in [1.165, 1.54) is 22.3 Å². The largest absolute Gasteiger partial charge is 0.496 e. The normalized spacial score (nSPS) is 10.5. The van der Waals surface area contributed by atoms with Gasteiger partial charge in [-0.2, -0.15) is 0 Å². The van der Waals surface area contributed by atoms with Crippen LogP contribution in [0.5, 0.6) is 5.75 Å². The molecule has 0 atom stereocenters. The number of aryl methyl sites for hydroxylation is 2. The van der Waals surface area contributed by atoms with Gasteiger partial charge in [-0.05, 0) is 48.1 Å². The second kappa shape index (κ2) is 6.25. The molecule has 0 fully saturated rings. The molecule has 0 radical (unpaired) electrons. The van der Waals surface area contributed by atoms with Gasteiger partial charge in [0.1, 0.15) is 5.75 Å². The fourth-order valence-electron chi connectivity index (χ4n) is 2.19. The van der Waals surface area contributed by atoms with Crippen molar-refractivity contribution in [2.24, 2.45) is 0 Å². The summed E-state index contributed by atoms with van der Waals surface area (Å²) < 4.78 is 6.44. The molecule has 0 aliphatic rings. The molecule has 0 aliphatic heterocycles. The first-order chi connectivity index (χ1) is 9.13. The van der Waals surface area contributed by atoms with Crippen molar-refractivity contribution >= 4 is 15.9 Å². The van der Waals surface area contributed by atoms with Crippen molar-refractivity contribution in [2.75, 3.05) is 7.11 Å². The molecular formula is C17H19BrO. The van der Waals surface area contributed by atoms with Crippen LogP contribution in [0.1, 0.15) is 29.2 Å². The number of hydrogen-bond acceptors (Lipinski definition) is 1. The van der Waals surface area contributed by atoms with E-state index in [-0.39, 0.29) is 0 Å². The average molecular weight is 319 g/mol. The zero-order valence-electron chi connectivity index (χ0n) is 11.7. The third-order valence-corrected chi connectivity index (χ3v) is 4.13. The van der Waals surface area contributed by atoms with Crippen LogP contribution in [0.25, 0.3) is 0 Å². The summed E-state index contributed by atoms with van der Waals surface area (Å²) in [5.41, 5.74) is 5.18. The van der Waals surface area contributed by atoms with Gasteiger partial charge in [0.05, 0.1) is 7.11 Å². The molecule has 0 aliphatic carbocycles. The quantitative estimate of drug-likeness (QED) is 0.777. The van der Waals surface area contributed by atoms with Gasteiger partial charge in [0.2, 0.25) is 0 Å². The van der Waals surface area contributed by atoms with E-state index >= 15 is 0 Å². The van der Waals surface area contributed by atoms with Gasteiger partial charge < -0.3 is 4.74 Å². The van der Waals surface area contributed by atoms with Crippen LogP contribution in [0.4, 0.5) is 0 Å². The topological polar surface area (TPSA) is 9.23 Å². The maximum Gasteiger partial charge on any atom is 0.122 e. The molecule has 1 nitrogen and oxygen atoms in total. The fourth-order valence-corrected chi connectivity index (χ4v) is 2.65. The molecule has 0 aromatic heterocycles. The fraction of sp³-hybridized carbons (Fsp3) is 0.294. The standard InChI is InChI=1S/C17H19BrO/c1-4-13-5-7-14(8-6-13)10-15-9-12(2)17(19-3)11-16(15)18/h5-9,11H,4,10H2,1-3H3. The Hall–Kier alpha value is -1.28. The second-order valence-electron chi connectivity index (χ2n) is 4.76. The lowest BCUT2D eigenvalue weighted by molar-refractivity contribution is 0.411. The van der Waals surface area contributed by atoms with Crippen LogP contribution in [0.3, 0.4) is 0 Å².